The molecule has 5 rings (SSSR count). The highest BCUT2D eigenvalue weighted by atomic mass is 35.5. The van der Waals surface area contributed by atoms with E-state index in [0.29, 0.717) is 35.4 Å². The zero-order valence-electron chi connectivity index (χ0n) is 19.2. The van der Waals surface area contributed by atoms with Gasteiger partial charge in [0.15, 0.2) is 0 Å². The molecule has 1 aliphatic rings. The molecule has 0 spiro atoms. The number of amides is 1. The summed E-state index contributed by atoms with van der Waals surface area (Å²) in [7, 11) is 0. The van der Waals surface area contributed by atoms with Crippen LogP contribution in [-0.4, -0.2) is 62.2 Å². The number of rotatable bonds is 6. The van der Waals surface area contributed by atoms with Gasteiger partial charge in [0.1, 0.15) is 5.01 Å². The van der Waals surface area contributed by atoms with Crippen LogP contribution in [0.15, 0.2) is 64.3 Å². The van der Waals surface area contributed by atoms with Crippen molar-refractivity contribution in [2.75, 3.05) is 31.9 Å². The average Bonchev–Trinajstić information content (AvgIpc) is 3.29. The fourth-order valence-electron chi connectivity index (χ4n) is 4.01. The first-order valence-electron chi connectivity index (χ1n) is 11.3. The first-order chi connectivity index (χ1) is 17.0. The third-order valence-corrected chi connectivity index (χ3v) is 8.15. The summed E-state index contributed by atoms with van der Waals surface area (Å²) < 4.78 is 1.38. The summed E-state index contributed by atoms with van der Waals surface area (Å²) in [6.45, 7) is 5.43. The van der Waals surface area contributed by atoms with E-state index in [0.717, 1.165) is 39.8 Å². The maximum Gasteiger partial charge on any atom is 0.275 e. The molecule has 0 radical (unpaired) electrons. The van der Waals surface area contributed by atoms with E-state index in [1.807, 2.05) is 60.4 Å². The van der Waals surface area contributed by atoms with Crippen molar-refractivity contribution < 1.29 is 4.79 Å². The van der Waals surface area contributed by atoms with Crippen molar-refractivity contribution in [2.45, 2.75) is 18.4 Å². The number of nitrogens with zero attached hydrogens (tertiary/aromatic N) is 5. The van der Waals surface area contributed by atoms with Crippen LogP contribution in [0, 0.1) is 6.92 Å². The smallest absolute Gasteiger partial charge is 0.275 e. The Balaban J connectivity index is 1.19. The number of halogens is 1. The standard InChI is InChI=1S/C25H24ClN5O2S2/c1-17-4-2-3-5-21(17)24-28-31-22(32)14-19(27-25(31)35-24)15-29-10-12-30(13-11-29)23(33)16-34-20-8-6-18(26)7-9-20/h2-9,14H,10-13,15-16H2,1H3. The lowest BCUT2D eigenvalue weighted by molar-refractivity contribution is -0.130. The van der Waals surface area contributed by atoms with E-state index in [2.05, 4.69) is 10.00 Å². The van der Waals surface area contributed by atoms with Gasteiger partial charge < -0.3 is 4.90 Å². The van der Waals surface area contributed by atoms with Gasteiger partial charge in [-0.3, -0.25) is 14.5 Å². The summed E-state index contributed by atoms with van der Waals surface area (Å²) in [5, 5.41) is 5.97. The van der Waals surface area contributed by atoms with Gasteiger partial charge in [0.2, 0.25) is 10.9 Å². The van der Waals surface area contributed by atoms with E-state index in [1.165, 1.54) is 27.6 Å². The van der Waals surface area contributed by atoms with Crippen molar-refractivity contribution in [2.24, 2.45) is 0 Å². The first kappa shape index (κ1) is 24.0. The Bertz CT molecular complexity index is 1410. The lowest BCUT2D eigenvalue weighted by Crippen LogP contribution is -2.49. The SMILES string of the molecule is Cc1ccccc1-c1nn2c(=O)cc(CN3CCN(C(=O)CSc4ccc(Cl)cc4)CC3)nc2s1. The minimum Gasteiger partial charge on any atom is -0.339 e. The molecule has 35 heavy (non-hydrogen) atoms. The Labute approximate surface area is 216 Å². The molecule has 0 aliphatic carbocycles. The molecule has 0 unspecified atom stereocenters. The predicted molar refractivity (Wildman–Crippen MR) is 141 cm³/mol. The van der Waals surface area contributed by atoms with E-state index in [9.17, 15) is 9.59 Å². The quantitative estimate of drug-likeness (QED) is 0.351. The number of benzene rings is 2. The van der Waals surface area contributed by atoms with E-state index in [-0.39, 0.29) is 11.5 Å². The lowest BCUT2D eigenvalue weighted by Gasteiger charge is -2.34. The number of aromatic nitrogens is 3. The highest BCUT2D eigenvalue weighted by Crippen LogP contribution is 2.27. The number of piperazine rings is 1. The summed E-state index contributed by atoms with van der Waals surface area (Å²) in [6, 6.07) is 17.1. The van der Waals surface area contributed by atoms with E-state index in [1.54, 1.807) is 6.07 Å². The van der Waals surface area contributed by atoms with Gasteiger partial charge in [-0.1, -0.05) is 47.2 Å². The second-order valence-electron chi connectivity index (χ2n) is 8.40. The molecule has 0 bridgehead atoms. The molecule has 10 heteroatoms. The molecule has 7 nitrogen and oxygen atoms in total. The van der Waals surface area contributed by atoms with Crippen LogP contribution in [0.25, 0.3) is 15.5 Å². The van der Waals surface area contributed by atoms with Crippen molar-refractivity contribution >= 4 is 45.6 Å². The van der Waals surface area contributed by atoms with Gasteiger partial charge in [-0.05, 0) is 36.8 Å². The molecule has 0 saturated carbocycles. The number of hydrogen-bond acceptors (Lipinski definition) is 7. The maximum absolute atomic E-state index is 12.7. The number of aryl methyl sites for hydroxylation is 1. The predicted octanol–water partition coefficient (Wildman–Crippen LogP) is 4.22. The first-order valence-corrected chi connectivity index (χ1v) is 13.5. The van der Waals surface area contributed by atoms with Crippen molar-refractivity contribution in [1.82, 2.24) is 24.4 Å². The van der Waals surface area contributed by atoms with Gasteiger partial charge in [0.05, 0.1) is 11.4 Å². The topological polar surface area (TPSA) is 70.8 Å². The molecule has 1 saturated heterocycles. The van der Waals surface area contributed by atoms with Crippen LogP contribution in [0.4, 0.5) is 0 Å². The highest BCUT2D eigenvalue weighted by molar-refractivity contribution is 8.00. The van der Waals surface area contributed by atoms with Crippen LogP contribution in [0.5, 0.6) is 0 Å². The summed E-state index contributed by atoms with van der Waals surface area (Å²) in [4.78, 5) is 35.8. The van der Waals surface area contributed by atoms with Crippen molar-refractivity contribution in [3.8, 4) is 10.6 Å². The summed E-state index contributed by atoms with van der Waals surface area (Å²) in [6.07, 6.45) is 0. The van der Waals surface area contributed by atoms with Gasteiger partial charge in [0, 0.05) is 54.3 Å². The second kappa shape index (κ2) is 10.5. The Kier molecular flexibility index (Phi) is 7.19. The highest BCUT2D eigenvalue weighted by Gasteiger charge is 2.22. The Morgan fingerprint density at radius 1 is 1.09 bits per heavy atom. The van der Waals surface area contributed by atoms with Crippen LogP contribution in [0.1, 0.15) is 11.3 Å². The van der Waals surface area contributed by atoms with Crippen LogP contribution in [0.3, 0.4) is 0 Å². The Hall–Kier alpha value is -2.72. The van der Waals surface area contributed by atoms with Gasteiger partial charge in [-0.2, -0.15) is 9.61 Å². The molecule has 3 heterocycles. The zero-order valence-corrected chi connectivity index (χ0v) is 21.6. The van der Waals surface area contributed by atoms with E-state index < -0.39 is 0 Å². The molecule has 0 N–H and O–H groups in total. The third-order valence-electron chi connectivity index (χ3n) is 5.96. The molecule has 1 fully saturated rings. The third kappa shape index (κ3) is 5.59. The van der Waals surface area contributed by atoms with E-state index in [4.69, 9.17) is 16.6 Å². The van der Waals surface area contributed by atoms with Crippen molar-refractivity contribution in [3.05, 3.63) is 81.2 Å². The molecule has 180 valence electrons. The minimum atomic E-state index is -0.172. The van der Waals surface area contributed by atoms with Crippen LogP contribution in [-0.2, 0) is 11.3 Å². The molecule has 1 aliphatic heterocycles. The normalized spacial score (nSPS) is 14.5. The maximum atomic E-state index is 12.7. The number of thioether (sulfide) groups is 1. The molecule has 0 atom stereocenters. The molecular weight excluding hydrogens is 502 g/mol. The largest absolute Gasteiger partial charge is 0.339 e. The van der Waals surface area contributed by atoms with Crippen molar-refractivity contribution in [3.63, 3.8) is 0 Å². The number of hydrogen-bond donors (Lipinski definition) is 0. The number of carbonyl (C=O) groups excluding carboxylic acids is 1. The Morgan fingerprint density at radius 3 is 2.57 bits per heavy atom. The number of fused-ring (bicyclic) bond motifs is 1. The Morgan fingerprint density at radius 2 is 1.83 bits per heavy atom. The van der Waals surface area contributed by atoms with Crippen LogP contribution >= 0.6 is 34.7 Å². The number of carbonyl (C=O) groups is 1. The van der Waals surface area contributed by atoms with Gasteiger partial charge in [0.25, 0.3) is 5.56 Å². The van der Waals surface area contributed by atoms with Crippen LogP contribution in [0.2, 0.25) is 5.02 Å². The van der Waals surface area contributed by atoms with E-state index >= 15 is 0 Å². The summed E-state index contributed by atoms with van der Waals surface area (Å²) in [5.74, 6) is 0.543. The zero-order chi connectivity index (χ0) is 24.4. The van der Waals surface area contributed by atoms with Gasteiger partial charge >= 0.3 is 0 Å². The minimum absolute atomic E-state index is 0.135. The van der Waals surface area contributed by atoms with Gasteiger partial charge in [-0.15, -0.1) is 11.8 Å². The second-order valence-corrected chi connectivity index (χ2v) is 10.8. The summed E-state index contributed by atoms with van der Waals surface area (Å²) >= 11 is 8.87. The molecule has 4 aromatic rings. The lowest BCUT2D eigenvalue weighted by atomic mass is 10.1. The molecular formula is C25H24ClN5O2S2. The fraction of sp³-hybridized carbons (Fsp3) is 0.280. The average molecular weight is 526 g/mol. The fourth-order valence-corrected chi connectivity index (χ4v) is 5.95. The van der Waals surface area contributed by atoms with Gasteiger partial charge in [-0.25, -0.2) is 4.98 Å². The molecule has 2 aromatic carbocycles. The van der Waals surface area contributed by atoms with Crippen molar-refractivity contribution in [1.29, 1.82) is 0 Å². The molecule has 1 amide bonds. The summed E-state index contributed by atoms with van der Waals surface area (Å²) in [5.41, 5.74) is 2.68. The molecule has 2 aromatic heterocycles. The monoisotopic (exact) mass is 525 g/mol. The van der Waals surface area contributed by atoms with Crippen LogP contribution < -0.4 is 5.56 Å².